The van der Waals surface area contributed by atoms with Crippen LogP contribution >= 0.6 is 0 Å². The van der Waals surface area contributed by atoms with Crippen LogP contribution in [0.2, 0.25) is 0 Å². The van der Waals surface area contributed by atoms with E-state index in [-0.39, 0.29) is 12.0 Å². The molecule has 0 unspecified atom stereocenters. The second-order valence-corrected chi connectivity index (χ2v) is 8.16. The van der Waals surface area contributed by atoms with Gasteiger partial charge in [0.25, 0.3) is 0 Å². The van der Waals surface area contributed by atoms with Crippen molar-refractivity contribution < 1.29 is 19.8 Å². The first-order chi connectivity index (χ1) is 13.5. The third-order valence-electron chi connectivity index (χ3n) is 7.15. The van der Waals surface area contributed by atoms with Crippen molar-refractivity contribution in [1.82, 2.24) is 10.4 Å². The average Bonchev–Trinajstić information content (AvgIpc) is 3.05. The average molecular weight is 387 g/mol. The van der Waals surface area contributed by atoms with E-state index in [1.54, 1.807) is 12.6 Å². The first-order valence-corrected chi connectivity index (χ1v) is 9.56. The van der Waals surface area contributed by atoms with Crippen molar-refractivity contribution in [3.8, 4) is 11.5 Å². The molecular weight excluding hydrogens is 362 g/mol. The van der Waals surface area contributed by atoms with Crippen LogP contribution in [0.4, 0.5) is 0 Å². The molecule has 1 saturated carbocycles. The maximum atomic E-state index is 12.1. The lowest BCUT2D eigenvalue weighted by molar-refractivity contribution is -0.160. The molecule has 2 aliphatic carbocycles. The monoisotopic (exact) mass is 387 g/mol. The molecule has 2 bridgehead atoms. The maximum absolute atomic E-state index is 12.1. The van der Waals surface area contributed by atoms with E-state index in [1.807, 2.05) is 6.07 Å². The van der Waals surface area contributed by atoms with Gasteiger partial charge in [0.2, 0.25) is 5.96 Å². The number of ether oxygens (including phenoxy) is 2. The predicted molar refractivity (Wildman–Crippen MR) is 102 cm³/mol. The predicted octanol–water partition coefficient (Wildman–Crippen LogP) is 0.129. The number of hydrogen-bond donors (Lipinski definition) is 4. The van der Waals surface area contributed by atoms with E-state index in [0.29, 0.717) is 24.3 Å². The Morgan fingerprint density at radius 3 is 3.00 bits per heavy atom. The largest absolute Gasteiger partial charge is 0.493 e. The molecule has 150 valence electrons. The number of likely N-dealkylation sites (tertiary alicyclic amines) is 1. The highest BCUT2D eigenvalue weighted by Gasteiger charge is 2.72. The Bertz CT molecular complexity index is 903. The number of piperidine rings is 1. The van der Waals surface area contributed by atoms with Crippen molar-refractivity contribution >= 4 is 11.7 Å². The van der Waals surface area contributed by atoms with E-state index in [9.17, 15) is 5.11 Å². The Morgan fingerprint density at radius 2 is 2.25 bits per heavy atom. The summed E-state index contributed by atoms with van der Waals surface area (Å²) in [6.07, 6.45) is 2.21. The molecular formula is C19H25N5O4. The minimum Gasteiger partial charge on any atom is -0.493 e. The number of nitrogens with zero attached hydrogens (tertiary/aromatic N) is 3. The number of hydroxylamine groups is 1. The molecule has 5 N–H and O–H groups in total. The minimum atomic E-state index is -0.918. The molecule has 2 heterocycles. The van der Waals surface area contributed by atoms with E-state index < -0.39 is 17.1 Å². The number of guanidine groups is 1. The van der Waals surface area contributed by atoms with Crippen molar-refractivity contribution in [2.45, 2.75) is 48.8 Å². The van der Waals surface area contributed by atoms with Gasteiger partial charge >= 0.3 is 0 Å². The van der Waals surface area contributed by atoms with Crippen molar-refractivity contribution in [3.05, 3.63) is 23.3 Å². The van der Waals surface area contributed by atoms with Crippen molar-refractivity contribution in [3.63, 3.8) is 0 Å². The fraction of sp³-hybridized carbons (Fsp3) is 0.579. The highest BCUT2D eigenvalue weighted by atomic mass is 16.5. The standard InChI is InChI=1S/C19H25N5O4/c1-24-8-7-18-14-10-3-4-12(27-2)15(14)28-16(18)11(21-22-17(20)23-26)5-6-19(18,25)13(24)9-10/h3-4,13,16,25-26H,5-9H2,1-2H3,(H3,20,22,23)/t13-,16+,18+,19-/m1/s1. The van der Waals surface area contributed by atoms with Gasteiger partial charge < -0.3 is 25.2 Å². The topological polar surface area (TPSA) is 125 Å². The van der Waals surface area contributed by atoms with Crippen LogP contribution in [0.15, 0.2) is 22.3 Å². The zero-order valence-electron chi connectivity index (χ0n) is 16.0. The van der Waals surface area contributed by atoms with Crippen molar-refractivity contribution in [2.24, 2.45) is 15.9 Å². The summed E-state index contributed by atoms with van der Waals surface area (Å²) < 4.78 is 12.0. The van der Waals surface area contributed by atoms with E-state index in [1.165, 1.54) is 5.56 Å². The molecule has 4 aliphatic rings. The lowest BCUT2D eigenvalue weighted by Gasteiger charge is -2.62. The molecule has 0 amide bonds. The molecule has 2 aliphatic heterocycles. The number of rotatable bonds is 2. The number of nitrogens with two attached hydrogens (primary N) is 1. The van der Waals surface area contributed by atoms with Crippen LogP contribution in [0.5, 0.6) is 11.5 Å². The van der Waals surface area contributed by atoms with Gasteiger partial charge in [-0.2, -0.15) is 5.10 Å². The third-order valence-corrected chi connectivity index (χ3v) is 7.15. The van der Waals surface area contributed by atoms with E-state index >= 15 is 0 Å². The summed E-state index contributed by atoms with van der Waals surface area (Å²) in [4.78, 5) is 2.27. The lowest BCUT2D eigenvalue weighted by atomic mass is 9.49. The number of benzene rings is 1. The molecule has 9 nitrogen and oxygen atoms in total. The zero-order chi connectivity index (χ0) is 19.7. The van der Waals surface area contributed by atoms with Gasteiger partial charge in [-0.05, 0) is 50.9 Å². The first kappa shape index (κ1) is 17.7. The van der Waals surface area contributed by atoms with E-state index in [2.05, 4.69) is 28.2 Å². The third kappa shape index (κ3) is 1.96. The molecule has 5 rings (SSSR count). The second-order valence-electron chi connectivity index (χ2n) is 8.16. The summed E-state index contributed by atoms with van der Waals surface area (Å²) in [7, 11) is 3.71. The summed E-state index contributed by atoms with van der Waals surface area (Å²) in [5.74, 6) is 1.18. The Kier molecular flexibility index (Phi) is 3.68. The molecule has 1 aromatic carbocycles. The molecule has 2 fully saturated rings. The van der Waals surface area contributed by atoms with Crippen LogP contribution in [0, 0.1) is 0 Å². The Labute approximate surface area is 162 Å². The van der Waals surface area contributed by atoms with Gasteiger partial charge in [0, 0.05) is 11.6 Å². The van der Waals surface area contributed by atoms with Gasteiger partial charge in [0.05, 0.1) is 23.8 Å². The van der Waals surface area contributed by atoms with Crippen LogP contribution in [-0.2, 0) is 11.8 Å². The summed E-state index contributed by atoms with van der Waals surface area (Å²) >= 11 is 0. The van der Waals surface area contributed by atoms with Gasteiger partial charge in [0.15, 0.2) is 17.6 Å². The highest BCUT2D eigenvalue weighted by Crippen LogP contribution is 2.64. The smallest absolute Gasteiger partial charge is 0.237 e. The fourth-order valence-corrected chi connectivity index (χ4v) is 5.94. The SMILES string of the molecule is COc1ccc2c3c1O[C@H]1C(=NN=C(N)NO)CC[C@@]4(O)[C@@H](C2)N(C)CC[C@]314. The molecule has 0 radical (unpaired) electrons. The van der Waals surface area contributed by atoms with E-state index in [4.69, 9.17) is 20.4 Å². The van der Waals surface area contributed by atoms with Crippen molar-refractivity contribution in [2.75, 3.05) is 20.7 Å². The Morgan fingerprint density at radius 1 is 1.43 bits per heavy atom. The van der Waals surface area contributed by atoms with Gasteiger partial charge in [-0.25, -0.2) is 5.48 Å². The van der Waals surface area contributed by atoms with Crippen LogP contribution in [0.1, 0.15) is 30.4 Å². The fourth-order valence-electron chi connectivity index (χ4n) is 5.94. The van der Waals surface area contributed by atoms with Crippen LogP contribution in [0.3, 0.4) is 0 Å². The van der Waals surface area contributed by atoms with Gasteiger partial charge in [0.1, 0.15) is 0 Å². The normalized spacial score (nSPS) is 37.4. The lowest BCUT2D eigenvalue weighted by Crippen LogP contribution is -2.76. The van der Waals surface area contributed by atoms with Crippen LogP contribution < -0.4 is 20.7 Å². The molecule has 1 spiro atoms. The van der Waals surface area contributed by atoms with Gasteiger partial charge in [-0.3, -0.25) is 5.21 Å². The first-order valence-electron chi connectivity index (χ1n) is 9.56. The second kappa shape index (κ2) is 5.82. The quantitative estimate of drug-likeness (QED) is 0.323. The van der Waals surface area contributed by atoms with Gasteiger partial charge in [-0.15, -0.1) is 5.10 Å². The van der Waals surface area contributed by atoms with Crippen LogP contribution in [0.25, 0.3) is 0 Å². The summed E-state index contributed by atoms with van der Waals surface area (Å²) in [5, 5.41) is 29.1. The molecule has 4 atom stereocenters. The summed E-state index contributed by atoms with van der Waals surface area (Å²) in [6.45, 7) is 0.861. The molecule has 28 heavy (non-hydrogen) atoms. The number of nitrogens with one attached hydrogen (secondary N) is 1. The number of aliphatic hydroxyl groups is 1. The van der Waals surface area contributed by atoms with Gasteiger partial charge in [-0.1, -0.05) is 6.07 Å². The zero-order valence-corrected chi connectivity index (χ0v) is 16.0. The van der Waals surface area contributed by atoms with Crippen LogP contribution in [-0.4, -0.2) is 65.3 Å². The van der Waals surface area contributed by atoms with E-state index in [0.717, 1.165) is 30.7 Å². The number of hydrogen-bond acceptors (Lipinski definition) is 7. The number of likely N-dealkylation sites (N-methyl/N-ethyl adjacent to an activating group) is 1. The molecule has 1 saturated heterocycles. The Hall–Kier alpha value is -2.36. The molecule has 1 aromatic rings. The molecule has 9 heteroatoms. The Balaban J connectivity index is 1.74. The molecule has 0 aromatic heterocycles. The minimum absolute atomic E-state index is 0.0217. The summed E-state index contributed by atoms with van der Waals surface area (Å²) in [6, 6.07) is 4.05. The van der Waals surface area contributed by atoms with Crippen molar-refractivity contribution in [1.29, 1.82) is 0 Å². The maximum Gasteiger partial charge on any atom is 0.237 e. The number of methoxy groups -OCH3 is 1. The summed E-state index contributed by atoms with van der Waals surface area (Å²) in [5.41, 5.74) is 8.79. The highest BCUT2D eigenvalue weighted by molar-refractivity contribution is 5.95.